The van der Waals surface area contributed by atoms with Gasteiger partial charge in [-0.3, -0.25) is 0 Å². The van der Waals surface area contributed by atoms with Crippen molar-refractivity contribution in [2.75, 3.05) is 13.7 Å². The predicted molar refractivity (Wildman–Crippen MR) is 62.1 cm³/mol. The third kappa shape index (κ3) is 4.31. The largest absolute Gasteiger partial charge is 0.497 e. The van der Waals surface area contributed by atoms with Crippen LogP contribution in [0.15, 0.2) is 18.2 Å². The molecule has 1 aromatic carbocycles. The van der Waals surface area contributed by atoms with E-state index in [1.807, 2.05) is 6.92 Å². The molecule has 0 aliphatic heterocycles. The molecule has 0 unspecified atom stereocenters. The molecule has 0 fully saturated rings. The first-order valence-electron chi connectivity index (χ1n) is 5.11. The monoisotopic (exact) mass is 226 g/mol. The van der Waals surface area contributed by atoms with Gasteiger partial charge in [-0.2, -0.15) is 0 Å². The standard InChI is InChI=1S/C10H12O3.C2H6O/c1-3-7-6-8(13-2)4-5-9(7)10(11)12;1-2-3/h4-6H,3H2,1-2H3,(H,11,12);3H,2H2,1H3. The molecule has 1 rings (SSSR count). The molecule has 0 bridgehead atoms. The lowest BCUT2D eigenvalue weighted by molar-refractivity contribution is 0.0695. The number of aryl methyl sites for hydroxylation is 1. The molecule has 16 heavy (non-hydrogen) atoms. The van der Waals surface area contributed by atoms with E-state index in [4.69, 9.17) is 14.9 Å². The molecule has 2 N–H and O–H groups in total. The van der Waals surface area contributed by atoms with Crippen LogP contribution < -0.4 is 4.74 Å². The Labute approximate surface area is 95.5 Å². The smallest absolute Gasteiger partial charge is 0.335 e. The van der Waals surface area contributed by atoms with Crippen LogP contribution in [-0.4, -0.2) is 29.9 Å². The number of ether oxygens (including phenoxy) is 1. The second-order valence-electron chi connectivity index (χ2n) is 3.00. The topological polar surface area (TPSA) is 66.8 Å². The predicted octanol–water partition coefficient (Wildman–Crippen LogP) is 1.95. The summed E-state index contributed by atoms with van der Waals surface area (Å²) in [5.74, 6) is -0.193. The zero-order valence-corrected chi connectivity index (χ0v) is 9.86. The molecule has 0 aliphatic rings. The minimum atomic E-state index is -0.889. The van der Waals surface area contributed by atoms with Crippen molar-refractivity contribution < 1.29 is 19.7 Å². The summed E-state index contributed by atoms with van der Waals surface area (Å²) in [5, 5.41) is 16.4. The fourth-order valence-corrected chi connectivity index (χ4v) is 1.20. The molecule has 0 spiro atoms. The summed E-state index contributed by atoms with van der Waals surface area (Å²) in [5.41, 5.74) is 1.15. The van der Waals surface area contributed by atoms with Gasteiger partial charge in [-0.05, 0) is 37.1 Å². The van der Waals surface area contributed by atoms with E-state index < -0.39 is 5.97 Å². The van der Waals surface area contributed by atoms with Crippen molar-refractivity contribution >= 4 is 5.97 Å². The van der Waals surface area contributed by atoms with E-state index in [0.29, 0.717) is 17.7 Å². The van der Waals surface area contributed by atoms with Crippen LogP contribution in [0.2, 0.25) is 0 Å². The molecule has 0 amide bonds. The fourth-order valence-electron chi connectivity index (χ4n) is 1.20. The molecule has 0 aliphatic carbocycles. The zero-order chi connectivity index (χ0) is 12.6. The van der Waals surface area contributed by atoms with Crippen LogP contribution in [0, 0.1) is 0 Å². The van der Waals surface area contributed by atoms with Crippen LogP contribution in [0.1, 0.15) is 29.8 Å². The summed E-state index contributed by atoms with van der Waals surface area (Å²) in [4.78, 5) is 10.7. The molecule has 0 radical (unpaired) electrons. The van der Waals surface area contributed by atoms with Gasteiger partial charge in [0.15, 0.2) is 0 Å². The van der Waals surface area contributed by atoms with Gasteiger partial charge in [-0.25, -0.2) is 4.79 Å². The van der Waals surface area contributed by atoms with Gasteiger partial charge in [0.05, 0.1) is 12.7 Å². The van der Waals surface area contributed by atoms with E-state index in [9.17, 15) is 4.79 Å². The Morgan fingerprint density at radius 2 is 1.94 bits per heavy atom. The van der Waals surface area contributed by atoms with Crippen molar-refractivity contribution in [1.29, 1.82) is 0 Å². The number of carboxylic acid groups (broad SMARTS) is 1. The maximum Gasteiger partial charge on any atom is 0.335 e. The Kier molecular flexibility index (Phi) is 6.96. The van der Waals surface area contributed by atoms with Crippen LogP contribution in [0.5, 0.6) is 5.75 Å². The first kappa shape index (κ1) is 14.5. The maximum absolute atomic E-state index is 10.7. The molecule has 0 heterocycles. The quantitative estimate of drug-likeness (QED) is 0.826. The summed E-state index contributed by atoms with van der Waals surface area (Å²) < 4.78 is 5.00. The van der Waals surface area contributed by atoms with Crippen LogP contribution in [-0.2, 0) is 6.42 Å². The summed E-state index contributed by atoms with van der Waals surface area (Å²) in [6, 6.07) is 4.98. The number of aliphatic hydroxyl groups is 1. The van der Waals surface area contributed by atoms with Crippen LogP contribution in [0.4, 0.5) is 0 Å². The number of aliphatic hydroxyl groups excluding tert-OH is 1. The number of benzene rings is 1. The third-order valence-corrected chi connectivity index (χ3v) is 1.92. The molecule has 4 heteroatoms. The molecule has 0 saturated heterocycles. The second-order valence-corrected chi connectivity index (χ2v) is 3.00. The summed E-state index contributed by atoms with van der Waals surface area (Å²) >= 11 is 0. The lowest BCUT2D eigenvalue weighted by atomic mass is 10.1. The van der Waals surface area contributed by atoms with E-state index in [0.717, 1.165) is 5.56 Å². The number of hydrogen-bond donors (Lipinski definition) is 2. The number of aromatic carboxylic acids is 1. The van der Waals surface area contributed by atoms with Crippen molar-refractivity contribution in [2.45, 2.75) is 20.3 Å². The summed E-state index contributed by atoms with van der Waals surface area (Å²) in [7, 11) is 1.56. The van der Waals surface area contributed by atoms with Gasteiger partial charge < -0.3 is 14.9 Å². The van der Waals surface area contributed by atoms with Gasteiger partial charge in [0.25, 0.3) is 0 Å². The maximum atomic E-state index is 10.7. The molecular weight excluding hydrogens is 208 g/mol. The Hall–Kier alpha value is -1.55. The average molecular weight is 226 g/mol. The first-order chi connectivity index (χ1) is 7.60. The van der Waals surface area contributed by atoms with E-state index in [2.05, 4.69) is 0 Å². The van der Waals surface area contributed by atoms with Gasteiger partial charge in [-0.15, -0.1) is 0 Å². The molecular formula is C12H18O4. The van der Waals surface area contributed by atoms with E-state index in [1.54, 1.807) is 32.2 Å². The van der Waals surface area contributed by atoms with E-state index in [-0.39, 0.29) is 6.61 Å². The average Bonchev–Trinajstić information content (AvgIpc) is 2.29. The zero-order valence-electron chi connectivity index (χ0n) is 9.86. The molecule has 0 aromatic heterocycles. The number of methoxy groups -OCH3 is 1. The third-order valence-electron chi connectivity index (χ3n) is 1.92. The Morgan fingerprint density at radius 1 is 1.38 bits per heavy atom. The van der Waals surface area contributed by atoms with Gasteiger partial charge in [-0.1, -0.05) is 6.92 Å². The van der Waals surface area contributed by atoms with Crippen molar-refractivity contribution in [2.24, 2.45) is 0 Å². The van der Waals surface area contributed by atoms with Crippen LogP contribution in [0.25, 0.3) is 0 Å². The van der Waals surface area contributed by atoms with Gasteiger partial charge in [0.2, 0.25) is 0 Å². The van der Waals surface area contributed by atoms with Crippen molar-refractivity contribution in [3.63, 3.8) is 0 Å². The van der Waals surface area contributed by atoms with E-state index in [1.165, 1.54) is 0 Å². The highest BCUT2D eigenvalue weighted by molar-refractivity contribution is 5.89. The van der Waals surface area contributed by atoms with Gasteiger partial charge in [0, 0.05) is 6.61 Å². The molecule has 90 valence electrons. The molecule has 0 saturated carbocycles. The molecule has 0 atom stereocenters. The minimum absolute atomic E-state index is 0.250. The Morgan fingerprint density at radius 3 is 2.31 bits per heavy atom. The van der Waals surface area contributed by atoms with Gasteiger partial charge in [0.1, 0.15) is 5.75 Å². The Bertz CT molecular complexity index is 334. The normalized spacial score (nSPS) is 9.00. The van der Waals surface area contributed by atoms with Crippen molar-refractivity contribution in [3.8, 4) is 5.75 Å². The SMILES string of the molecule is CCO.CCc1cc(OC)ccc1C(=O)O. The van der Waals surface area contributed by atoms with Gasteiger partial charge >= 0.3 is 5.97 Å². The summed E-state index contributed by atoms with van der Waals surface area (Å²) in [6.45, 7) is 3.85. The number of carbonyl (C=O) groups is 1. The second kappa shape index (κ2) is 7.70. The van der Waals surface area contributed by atoms with Crippen molar-refractivity contribution in [1.82, 2.24) is 0 Å². The molecule has 4 nitrogen and oxygen atoms in total. The van der Waals surface area contributed by atoms with Crippen LogP contribution >= 0.6 is 0 Å². The number of hydrogen-bond acceptors (Lipinski definition) is 3. The highest BCUT2D eigenvalue weighted by Crippen LogP contribution is 2.18. The number of carboxylic acids is 1. The Balaban J connectivity index is 0.000000673. The number of rotatable bonds is 3. The minimum Gasteiger partial charge on any atom is -0.497 e. The highest BCUT2D eigenvalue weighted by Gasteiger charge is 2.08. The highest BCUT2D eigenvalue weighted by atomic mass is 16.5. The molecule has 1 aromatic rings. The summed E-state index contributed by atoms with van der Waals surface area (Å²) in [6.07, 6.45) is 0.693. The van der Waals surface area contributed by atoms with Crippen molar-refractivity contribution in [3.05, 3.63) is 29.3 Å². The fraction of sp³-hybridized carbons (Fsp3) is 0.417. The van der Waals surface area contributed by atoms with Crippen LogP contribution in [0.3, 0.4) is 0 Å². The lowest BCUT2D eigenvalue weighted by Gasteiger charge is -2.05. The van der Waals surface area contributed by atoms with E-state index >= 15 is 0 Å². The lowest BCUT2D eigenvalue weighted by Crippen LogP contribution is -2.01. The first-order valence-corrected chi connectivity index (χ1v) is 5.11.